The third-order valence-corrected chi connectivity index (χ3v) is 3.91. The van der Waals surface area contributed by atoms with Crippen LogP contribution in [0.1, 0.15) is 29.3 Å². The predicted molar refractivity (Wildman–Crippen MR) is 108 cm³/mol. The first-order valence-electron chi connectivity index (χ1n) is 8.57. The Labute approximate surface area is 161 Å². The summed E-state index contributed by atoms with van der Waals surface area (Å²) in [7, 11) is 0. The quantitative estimate of drug-likeness (QED) is 0.744. The third-order valence-electron chi connectivity index (χ3n) is 3.91. The topological polar surface area (TPSA) is 75.4 Å². The number of nitrogens with one attached hydrogen (secondary N) is 1. The van der Waals surface area contributed by atoms with Crippen molar-refractivity contribution in [2.24, 2.45) is 5.73 Å². The molecule has 0 aliphatic heterocycles. The van der Waals surface area contributed by atoms with Gasteiger partial charge in [-0.25, -0.2) is 0 Å². The molecule has 0 aliphatic rings. The van der Waals surface area contributed by atoms with Crippen LogP contribution in [0, 0.1) is 0 Å². The number of benzene rings is 2. The van der Waals surface area contributed by atoms with Crippen LogP contribution in [0.4, 0.5) is 5.69 Å². The minimum absolute atomic E-state index is 0. The summed E-state index contributed by atoms with van der Waals surface area (Å²) in [5.74, 6) is -0.151. The molecule has 0 unspecified atom stereocenters. The number of carbonyl (C=O) groups excluding carboxylic acids is 2. The van der Waals surface area contributed by atoms with E-state index in [0.717, 1.165) is 6.42 Å². The van der Waals surface area contributed by atoms with Gasteiger partial charge in [-0.05, 0) is 30.2 Å². The highest BCUT2D eigenvalue weighted by Gasteiger charge is 2.15. The molecule has 6 heteroatoms. The van der Waals surface area contributed by atoms with Gasteiger partial charge in [0, 0.05) is 37.3 Å². The van der Waals surface area contributed by atoms with E-state index in [9.17, 15) is 9.59 Å². The minimum Gasteiger partial charge on any atom is -0.337 e. The number of nitrogens with zero attached hydrogens (tertiary/aromatic N) is 1. The molecule has 0 aromatic heterocycles. The lowest BCUT2D eigenvalue weighted by Crippen LogP contribution is -2.37. The van der Waals surface area contributed by atoms with Crippen molar-refractivity contribution >= 4 is 29.9 Å². The van der Waals surface area contributed by atoms with Crippen LogP contribution in [0.3, 0.4) is 0 Å². The Morgan fingerprint density at radius 3 is 2.42 bits per heavy atom. The standard InChI is InChI=1S/C20H25N3O2.ClH/c1-2-19(24)22-18-10-6-9-17(15-18)20(25)23(14-12-21)13-11-16-7-4-3-5-8-16;/h3-10,15H,2,11-14,21H2,1H3,(H,22,24);1H. The smallest absolute Gasteiger partial charge is 0.253 e. The molecular formula is C20H26ClN3O2. The van der Waals surface area contributed by atoms with Gasteiger partial charge in [-0.15, -0.1) is 12.4 Å². The summed E-state index contributed by atoms with van der Waals surface area (Å²) in [5, 5.41) is 2.78. The summed E-state index contributed by atoms with van der Waals surface area (Å²) >= 11 is 0. The van der Waals surface area contributed by atoms with Gasteiger partial charge in [-0.1, -0.05) is 43.3 Å². The van der Waals surface area contributed by atoms with Crippen molar-refractivity contribution in [3.05, 3.63) is 65.7 Å². The fraction of sp³-hybridized carbons (Fsp3) is 0.300. The lowest BCUT2D eigenvalue weighted by Gasteiger charge is -2.22. The molecule has 2 aromatic rings. The Kier molecular flexibility index (Phi) is 9.41. The van der Waals surface area contributed by atoms with Crippen LogP contribution in [-0.2, 0) is 11.2 Å². The van der Waals surface area contributed by atoms with Crippen LogP contribution in [-0.4, -0.2) is 36.3 Å². The summed E-state index contributed by atoms with van der Waals surface area (Å²) < 4.78 is 0. The molecule has 3 N–H and O–H groups in total. The van der Waals surface area contributed by atoms with Gasteiger partial charge in [0.25, 0.3) is 5.91 Å². The molecule has 0 spiro atoms. The van der Waals surface area contributed by atoms with Crippen molar-refractivity contribution in [3.8, 4) is 0 Å². The Morgan fingerprint density at radius 2 is 1.77 bits per heavy atom. The first-order valence-corrected chi connectivity index (χ1v) is 8.57. The van der Waals surface area contributed by atoms with E-state index >= 15 is 0 Å². The Morgan fingerprint density at radius 1 is 1.04 bits per heavy atom. The summed E-state index contributed by atoms with van der Waals surface area (Å²) in [6.07, 6.45) is 1.17. The van der Waals surface area contributed by atoms with Crippen molar-refractivity contribution in [1.82, 2.24) is 4.90 Å². The van der Waals surface area contributed by atoms with Crippen LogP contribution in [0.15, 0.2) is 54.6 Å². The van der Waals surface area contributed by atoms with Crippen molar-refractivity contribution < 1.29 is 9.59 Å². The normalized spacial score (nSPS) is 9.92. The van der Waals surface area contributed by atoms with Crippen LogP contribution >= 0.6 is 12.4 Å². The van der Waals surface area contributed by atoms with Gasteiger partial charge in [0.1, 0.15) is 0 Å². The van der Waals surface area contributed by atoms with Gasteiger partial charge < -0.3 is 16.0 Å². The third kappa shape index (κ3) is 6.50. The molecule has 0 saturated carbocycles. The molecule has 0 fully saturated rings. The number of amides is 2. The first kappa shape index (κ1) is 21.7. The minimum atomic E-state index is -0.0764. The van der Waals surface area contributed by atoms with Gasteiger partial charge in [0.15, 0.2) is 0 Å². The summed E-state index contributed by atoms with van der Waals surface area (Å²) in [4.78, 5) is 26.1. The highest BCUT2D eigenvalue weighted by Crippen LogP contribution is 2.14. The molecule has 0 atom stereocenters. The fourth-order valence-electron chi connectivity index (χ4n) is 2.54. The van der Waals surface area contributed by atoms with E-state index in [2.05, 4.69) is 5.32 Å². The van der Waals surface area contributed by atoms with Crippen molar-refractivity contribution in [1.29, 1.82) is 0 Å². The molecule has 26 heavy (non-hydrogen) atoms. The maximum Gasteiger partial charge on any atom is 0.253 e. The van der Waals surface area contributed by atoms with E-state index < -0.39 is 0 Å². The van der Waals surface area contributed by atoms with Crippen LogP contribution < -0.4 is 11.1 Å². The zero-order valence-electron chi connectivity index (χ0n) is 15.0. The van der Waals surface area contributed by atoms with Gasteiger partial charge in [-0.3, -0.25) is 9.59 Å². The Bertz CT molecular complexity index is 707. The molecule has 2 aromatic carbocycles. The van der Waals surface area contributed by atoms with Crippen molar-refractivity contribution in [3.63, 3.8) is 0 Å². The van der Waals surface area contributed by atoms with Crippen molar-refractivity contribution in [2.45, 2.75) is 19.8 Å². The lowest BCUT2D eigenvalue weighted by molar-refractivity contribution is -0.115. The van der Waals surface area contributed by atoms with E-state index in [1.165, 1.54) is 5.56 Å². The number of rotatable bonds is 8. The SMILES string of the molecule is CCC(=O)Nc1cccc(C(=O)N(CCN)CCc2ccccc2)c1.Cl. The molecule has 0 bridgehead atoms. The molecule has 2 rings (SSSR count). The lowest BCUT2D eigenvalue weighted by atomic mass is 10.1. The molecule has 5 nitrogen and oxygen atoms in total. The van der Waals surface area contributed by atoms with Crippen LogP contribution in [0.25, 0.3) is 0 Å². The number of hydrogen-bond acceptors (Lipinski definition) is 3. The summed E-state index contributed by atoms with van der Waals surface area (Å²) in [6.45, 7) is 3.30. The monoisotopic (exact) mass is 375 g/mol. The first-order chi connectivity index (χ1) is 12.1. The average Bonchev–Trinajstić information content (AvgIpc) is 2.65. The fourth-order valence-corrected chi connectivity index (χ4v) is 2.54. The van der Waals surface area contributed by atoms with Crippen molar-refractivity contribution in [2.75, 3.05) is 25.0 Å². The summed E-state index contributed by atoms with van der Waals surface area (Å²) in [6, 6.07) is 17.1. The van der Waals surface area contributed by atoms with E-state index in [4.69, 9.17) is 5.73 Å². The molecule has 0 heterocycles. The number of anilines is 1. The van der Waals surface area contributed by atoms with Crippen LogP contribution in [0.2, 0.25) is 0 Å². The maximum atomic E-state index is 12.8. The number of carbonyl (C=O) groups is 2. The maximum absolute atomic E-state index is 12.8. The van der Waals surface area contributed by atoms with Gasteiger partial charge >= 0.3 is 0 Å². The number of halogens is 1. The van der Waals surface area contributed by atoms with E-state index in [1.807, 2.05) is 30.3 Å². The van der Waals surface area contributed by atoms with Gasteiger partial charge in [0.05, 0.1) is 0 Å². The summed E-state index contributed by atoms with van der Waals surface area (Å²) in [5.41, 5.74) is 8.04. The van der Waals surface area contributed by atoms with E-state index in [1.54, 1.807) is 36.1 Å². The Hall–Kier alpha value is -2.37. The second kappa shape index (κ2) is 11.3. The Balaban J connectivity index is 0.00000338. The van der Waals surface area contributed by atoms with E-state index in [-0.39, 0.29) is 24.2 Å². The molecule has 0 aliphatic carbocycles. The molecule has 140 valence electrons. The van der Waals surface area contributed by atoms with Crippen LogP contribution in [0.5, 0.6) is 0 Å². The van der Waals surface area contributed by atoms with E-state index in [0.29, 0.717) is 37.3 Å². The zero-order valence-corrected chi connectivity index (χ0v) is 15.8. The highest BCUT2D eigenvalue weighted by atomic mass is 35.5. The molecular weight excluding hydrogens is 350 g/mol. The molecule has 0 radical (unpaired) electrons. The van der Waals surface area contributed by atoms with Gasteiger partial charge in [-0.2, -0.15) is 0 Å². The molecule has 0 saturated heterocycles. The zero-order chi connectivity index (χ0) is 18.1. The predicted octanol–water partition coefficient (Wildman–Crippen LogP) is 3.10. The average molecular weight is 376 g/mol. The molecule has 2 amide bonds. The second-order valence-corrected chi connectivity index (χ2v) is 5.80. The second-order valence-electron chi connectivity index (χ2n) is 5.80. The van der Waals surface area contributed by atoms with Gasteiger partial charge in [0.2, 0.25) is 5.91 Å². The number of hydrogen-bond donors (Lipinski definition) is 2. The largest absolute Gasteiger partial charge is 0.337 e. The number of nitrogens with two attached hydrogens (primary N) is 1. The highest BCUT2D eigenvalue weighted by molar-refractivity contribution is 5.97.